The summed E-state index contributed by atoms with van der Waals surface area (Å²) in [4.78, 5) is 30.6. The van der Waals surface area contributed by atoms with Crippen molar-refractivity contribution in [2.24, 2.45) is 4.99 Å². The molecule has 0 unspecified atom stereocenters. The van der Waals surface area contributed by atoms with Gasteiger partial charge in [-0.1, -0.05) is 53.8 Å². The molecule has 1 aromatic heterocycles. The Balaban J connectivity index is 1.69. The molecule has 3 aromatic carbocycles. The Morgan fingerprint density at radius 3 is 2.26 bits per heavy atom. The Labute approximate surface area is 207 Å². The summed E-state index contributed by atoms with van der Waals surface area (Å²) in [6.45, 7) is 3.34. The van der Waals surface area contributed by atoms with Crippen molar-refractivity contribution in [3.05, 3.63) is 94.3 Å². The van der Waals surface area contributed by atoms with Crippen LogP contribution in [0.15, 0.2) is 82.7 Å². The summed E-state index contributed by atoms with van der Waals surface area (Å²) in [5, 5.41) is 0. The molecule has 0 aliphatic heterocycles. The minimum atomic E-state index is -3.37. The van der Waals surface area contributed by atoms with Crippen molar-refractivity contribution >= 4 is 43.1 Å². The number of hydrogen-bond acceptors (Lipinski definition) is 6. The number of aromatic nitrogens is 1. The van der Waals surface area contributed by atoms with Gasteiger partial charge in [0.15, 0.2) is 20.4 Å². The normalized spacial score (nSPS) is 12.2. The van der Waals surface area contributed by atoms with Gasteiger partial charge in [-0.3, -0.25) is 9.59 Å². The monoisotopic (exact) mass is 508 g/mol. The lowest BCUT2D eigenvalue weighted by atomic mass is 10.0. The van der Waals surface area contributed by atoms with Gasteiger partial charge in [0.05, 0.1) is 21.7 Å². The second-order valence-corrected chi connectivity index (χ2v) is 10.8. The third-order valence-electron chi connectivity index (χ3n) is 5.37. The summed E-state index contributed by atoms with van der Waals surface area (Å²) >= 11 is 1.24. The van der Waals surface area contributed by atoms with Crippen molar-refractivity contribution in [3.63, 3.8) is 0 Å². The third kappa shape index (κ3) is 5.64. The maximum Gasteiger partial charge on any atom is 0.279 e. The number of carbonyl (C=O) groups excluding carboxylic acids is 2. The smallest absolute Gasteiger partial charge is 0.279 e. The van der Waals surface area contributed by atoms with Crippen molar-refractivity contribution in [2.45, 2.75) is 18.4 Å². The number of benzene rings is 3. The highest BCUT2D eigenvalue weighted by atomic mass is 32.2. The lowest BCUT2D eigenvalue weighted by Crippen LogP contribution is -2.19. The van der Waals surface area contributed by atoms with E-state index in [1.165, 1.54) is 11.3 Å². The summed E-state index contributed by atoms with van der Waals surface area (Å²) in [6.07, 6.45) is 1.16. The molecule has 7 nitrogen and oxygen atoms in total. The first kappa shape index (κ1) is 24.7. The first-order chi connectivity index (χ1) is 16.8. The Bertz CT molecular complexity index is 1550. The maximum absolute atomic E-state index is 13.0. The van der Waals surface area contributed by atoms with Gasteiger partial charge < -0.3 is 9.30 Å². The predicted octanol–water partition coefficient (Wildman–Crippen LogP) is 4.11. The lowest BCUT2D eigenvalue weighted by molar-refractivity contribution is 0.0993. The number of ketones is 1. The topological polar surface area (TPSA) is 94.8 Å². The SMILES string of the molecule is CCOCCn1c(=NC(=O)c2ccc(C(=O)c3ccccc3)cc2)sc2cc(S(C)(=O)=O)ccc21. The Morgan fingerprint density at radius 2 is 1.60 bits per heavy atom. The van der Waals surface area contributed by atoms with Gasteiger partial charge in [-0.2, -0.15) is 4.99 Å². The average molecular weight is 509 g/mol. The molecule has 180 valence electrons. The lowest BCUT2D eigenvalue weighted by Gasteiger charge is -2.06. The van der Waals surface area contributed by atoms with Crippen molar-refractivity contribution in [2.75, 3.05) is 19.5 Å². The van der Waals surface area contributed by atoms with Crippen molar-refractivity contribution < 1.29 is 22.7 Å². The molecule has 35 heavy (non-hydrogen) atoms. The van der Waals surface area contributed by atoms with Crippen LogP contribution in [-0.4, -0.2) is 44.1 Å². The Hall–Kier alpha value is -3.40. The number of amides is 1. The molecule has 0 bridgehead atoms. The van der Waals surface area contributed by atoms with Gasteiger partial charge in [0.25, 0.3) is 5.91 Å². The summed E-state index contributed by atoms with van der Waals surface area (Å²) in [5.41, 5.74) is 2.18. The van der Waals surface area contributed by atoms with Gasteiger partial charge in [0.1, 0.15) is 0 Å². The standard InChI is InChI=1S/C26H24N2O5S2/c1-3-33-16-15-28-22-14-13-21(35(2,31)32)17-23(22)34-26(28)27-25(30)20-11-9-19(10-12-20)24(29)18-7-5-4-6-8-18/h4-14,17H,3,15-16H2,1-2H3. The number of rotatable bonds is 8. The Morgan fingerprint density at radius 1 is 0.943 bits per heavy atom. The van der Waals surface area contributed by atoms with Crippen LogP contribution in [0.1, 0.15) is 33.2 Å². The fraction of sp³-hybridized carbons (Fsp3) is 0.192. The van der Waals surface area contributed by atoms with Gasteiger partial charge in [0, 0.05) is 36.1 Å². The molecule has 9 heteroatoms. The zero-order valence-electron chi connectivity index (χ0n) is 19.3. The van der Waals surface area contributed by atoms with E-state index in [1.807, 2.05) is 17.6 Å². The molecule has 0 spiro atoms. The van der Waals surface area contributed by atoms with Crippen LogP contribution in [0.2, 0.25) is 0 Å². The molecule has 4 rings (SSSR count). The number of fused-ring (bicyclic) bond motifs is 1. The molecule has 4 aromatic rings. The van der Waals surface area contributed by atoms with Crippen LogP contribution in [0.25, 0.3) is 10.2 Å². The third-order valence-corrected chi connectivity index (χ3v) is 7.52. The van der Waals surface area contributed by atoms with E-state index in [0.29, 0.717) is 46.0 Å². The zero-order valence-corrected chi connectivity index (χ0v) is 20.9. The van der Waals surface area contributed by atoms with Crippen molar-refractivity contribution in [3.8, 4) is 0 Å². The molecule has 0 N–H and O–H groups in total. The van der Waals surface area contributed by atoms with E-state index < -0.39 is 15.7 Å². The minimum Gasteiger partial charge on any atom is -0.380 e. The predicted molar refractivity (Wildman–Crippen MR) is 136 cm³/mol. The van der Waals surface area contributed by atoms with Gasteiger partial charge in [-0.05, 0) is 37.3 Å². The molecule has 0 radical (unpaired) electrons. The summed E-state index contributed by atoms with van der Waals surface area (Å²) in [7, 11) is -3.37. The Kier molecular flexibility index (Phi) is 7.39. The molecule has 1 amide bonds. The zero-order chi connectivity index (χ0) is 25.0. The van der Waals surface area contributed by atoms with Crippen LogP contribution in [0, 0.1) is 0 Å². The first-order valence-corrected chi connectivity index (χ1v) is 13.7. The van der Waals surface area contributed by atoms with Crippen molar-refractivity contribution in [1.29, 1.82) is 0 Å². The highest BCUT2D eigenvalue weighted by Crippen LogP contribution is 2.22. The van der Waals surface area contributed by atoms with Gasteiger partial charge >= 0.3 is 0 Å². The van der Waals surface area contributed by atoms with Crippen LogP contribution < -0.4 is 4.80 Å². The maximum atomic E-state index is 13.0. The number of hydrogen-bond donors (Lipinski definition) is 0. The second-order valence-electron chi connectivity index (χ2n) is 7.82. The summed E-state index contributed by atoms with van der Waals surface area (Å²) in [6, 6.07) is 20.2. The highest BCUT2D eigenvalue weighted by Gasteiger charge is 2.14. The molecule has 0 saturated heterocycles. The molecule has 0 aliphatic carbocycles. The van der Waals surface area contributed by atoms with E-state index in [9.17, 15) is 18.0 Å². The van der Waals surface area contributed by atoms with E-state index in [1.54, 1.807) is 66.7 Å². The van der Waals surface area contributed by atoms with E-state index in [-0.39, 0.29) is 10.7 Å². The molecular weight excluding hydrogens is 484 g/mol. The number of thiazole rings is 1. The minimum absolute atomic E-state index is 0.124. The highest BCUT2D eigenvalue weighted by molar-refractivity contribution is 7.90. The van der Waals surface area contributed by atoms with E-state index in [4.69, 9.17) is 4.74 Å². The summed E-state index contributed by atoms with van der Waals surface area (Å²) in [5.74, 6) is -0.578. The molecule has 0 fully saturated rings. The fourth-order valence-corrected chi connectivity index (χ4v) is 5.37. The summed E-state index contributed by atoms with van der Waals surface area (Å²) < 4.78 is 32.0. The molecule has 0 aliphatic rings. The van der Waals surface area contributed by atoms with Gasteiger partial charge in [0.2, 0.25) is 0 Å². The second kappa shape index (κ2) is 10.5. The van der Waals surface area contributed by atoms with Crippen molar-refractivity contribution in [1.82, 2.24) is 4.57 Å². The average Bonchev–Trinajstić information content (AvgIpc) is 3.20. The van der Waals surface area contributed by atoms with Crippen LogP contribution in [-0.2, 0) is 21.1 Å². The largest absolute Gasteiger partial charge is 0.380 e. The number of nitrogens with zero attached hydrogens (tertiary/aromatic N) is 2. The quantitative estimate of drug-likeness (QED) is 0.264. The van der Waals surface area contributed by atoms with Crippen LogP contribution in [0.4, 0.5) is 0 Å². The molecular formula is C26H24N2O5S2. The van der Waals surface area contributed by atoms with Gasteiger partial charge in [-0.15, -0.1) is 0 Å². The fourth-order valence-electron chi connectivity index (χ4n) is 3.56. The molecule has 0 atom stereocenters. The number of ether oxygens (including phenoxy) is 1. The number of sulfone groups is 1. The van der Waals surface area contributed by atoms with E-state index in [2.05, 4.69) is 4.99 Å². The first-order valence-electron chi connectivity index (χ1n) is 11.0. The van der Waals surface area contributed by atoms with E-state index in [0.717, 1.165) is 11.8 Å². The van der Waals surface area contributed by atoms with Crippen LogP contribution in [0.3, 0.4) is 0 Å². The molecule has 0 saturated carbocycles. The van der Waals surface area contributed by atoms with Crippen LogP contribution in [0.5, 0.6) is 0 Å². The van der Waals surface area contributed by atoms with Gasteiger partial charge in [-0.25, -0.2) is 8.42 Å². The molecule has 1 heterocycles. The number of carbonyl (C=O) groups is 2. The van der Waals surface area contributed by atoms with Crippen LogP contribution >= 0.6 is 11.3 Å². The van der Waals surface area contributed by atoms with E-state index >= 15 is 0 Å².